The molecule has 3 rings (SSSR count). The molecule has 0 aromatic carbocycles. The van der Waals surface area contributed by atoms with Crippen LogP contribution in [0.3, 0.4) is 0 Å². The van der Waals surface area contributed by atoms with E-state index in [0.717, 1.165) is 57.7 Å². The van der Waals surface area contributed by atoms with Crippen molar-refractivity contribution in [2.24, 2.45) is 0 Å². The lowest BCUT2D eigenvalue weighted by Crippen LogP contribution is -2.44. The largest absolute Gasteiger partial charge is 0.465 e. The first-order valence-corrected chi connectivity index (χ1v) is 10.6. The summed E-state index contributed by atoms with van der Waals surface area (Å²) in [4.78, 5) is 18.5. The molecule has 1 aromatic heterocycles. The Morgan fingerprint density at radius 3 is 3.00 bits per heavy atom. The molecule has 27 heavy (non-hydrogen) atoms. The van der Waals surface area contributed by atoms with Gasteiger partial charge in [-0.15, -0.1) is 0 Å². The normalized spacial score (nSPS) is 18.0. The molecule has 0 saturated carbocycles. The summed E-state index contributed by atoms with van der Waals surface area (Å²) in [5.41, 5.74) is 2.57. The number of anilines is 1. The lowest BCUT2D eigenvalue weighted by Gasteiger charge is -2.31. The Labute approximate surface area is 163 Å². The van der Waals surface area contributed by atoms with Gasteiger partial charge in [0.1, 0.15) is 5.82 Å². The van der Waals surface area contributed by atoms with E-state index in [2.05, 4.69) is 27.7 Å². The minimum absolute atomic E-state index is 0.102. The Hall–Kier alpha value is -1.66. The molecule has 0 unspecified atom stereocenters. The summed E-state index contributed by atoms with van der Waals surface area (Å²) in [7, 11) is 0. The zero-order valence-corrected chi connectivity index (χ0v) is 16.6. The number of piperidine rings is 1. The first kappa shape index (κ1) is 20.1. The van der Waals surface area contributed by atoms with Gasteiger partial charge in [-0.1, -0.05) is 6.07 Å². The summed E-state index contributed by atoms with van der Waals surface area (Å²) in [6.45, 7) is 6.81. The van der Waals surface area contributed by atoms with Crippen molar-refractivity contribution in [3.05, 3.63) is 23.4 Å². The summed E-state index contributed by atoms with van der Waals surface area (Å²) in [5, 5.41) is 7.09. The SMILES string of the molecule is CCOC(=O)CN1CCC(NCCCCc2ccc3c(n2)NCCC3)CC1. The fourth-order valence-electron chi connectivity index (χ4n) is 3.93. The fraction of sp³-hybridized carbons (Fsp3) is 0.714. The molecule has 150 valence electrons. The van der Waals surface area contributed by atoms with Crippen LogP contribution in [0.15, 0.2) is 12.1 Å². The number of nitrogens with one attached hydrogen (secondary N) is 2. The van der Waals surface area contributed by atoms with Crippen LogP contribution in [-0.4, -0.2) is 61.2 Å². The molecule has 1 aromatic rings. The van der Waals surface area contributed by atoms with Crippen molar-refractivity contribution in [2.75, 3.05) is 44.6 Å². The highest BCUT2D eigenvalue weighted by Gasteiger charge is 2.20. The number of unbranched alkanes of at least 4 members (excludes halogenated alkanes) is 1. The van der Waals surface area contributed by atoms with E-state index in [4.69, 9.17) is 9.72 Å². The van der Waals surface area contributed by atoms with Crippen molar-refractivity contribution in [3.63, 3.8) is 0 Å². The number of aromatic nitrogens is 1. The number of fused-ring (bicyclic) bond motifs is 1. The molecule has 1 saturated heterocycles. The van der Waals surface area contributed by atoms with Crippen LogP contribution in [0, 0.1) is 0 Å². The van der Waals surface area contributed by atoms with Crippen molar-refractivity contribution in [1.29, 1.82) is 0 Å². The monoisotopic (exact) mass is 374 g/mol. The third-order valence-electron chi connectivity index (χ3n) is 5.49. The summed E-state index contributed by atoms with van der Waals surface area (Å²) in [5.74, 6) is 1.00. The highest BCUT2D eigenvalue weighted by atomic mass is 16.5. The van der Waals surface area contributed by atoms with Crippen LogP contribution < -0.4 is 10.6 Å². The van der Waals surface area contributed by atoms with Crippen LogP contribution in [0.25, 0.3) is 0 Å². The molecule has 2 aliphatic rings. The number of nitrogens with zero attached hydrogens (tertiary/aromatic N) is 2. The van der Waals surface area contributed by atoms with E-state index < -0.39 is 0 Å². The Kier molecular flexibility index (Phi) is 7.90. The molecule has 6 nitrogen and oxygen atoms in total. The third-order valence-corrected chi connectivity index (χ3v) is 5.49. The third kappa shape index (κ3) is 6.47. The molecule has 0 aliphatic carbocycles. The van der Waals surface area contributed by atoms with Crippen LogP contribution in [-0.2, 0) is 22.4 Å². The van der Waals surface area contributed by atoms with E-state index in [1.54, 1.807) is 0 Å². The smallest absolute Gasteiger partial charge is 0.320 e. The molecule has 1 fully saturated rings. The number of carbonyl (C=O) groups is 1. The fourth-order valence-corrected chi connectivity index (χ4v) is 3.93. The summed E-state index contributed by atoms with van der Waals surface area (Å²) >= 11 is 0. The molecule has 0 radical (unpaired) electrons. The Morgan fingerprint density at radius 2 is 2.19 bits per heavy atom. The van der Waals surface area contributed by atoms with E-state index in [1.807, 2.05) is 6.92 Å². The molecule has 2 N–H and O–H groups in total. The average Bonchev–Trinajstić information content (AvgIpc) is 2.69. The molecular formula is C21H34N4O2. The predicted octanol–water partition coefficient (Wildman–Crippen LogP) is 2.38. The van der Waals surface area contributed by atoms with Gasteiger partial charge in [0.05, 0.1) is 13.2 Å². The second kappa shape index (κ2) is 10.6. The number of hydrogen-bond donors (Lipinski definition) is 2. The van der Waals surface area contributed by atoms with Gasteiger partial charge < -0.3 is 15.4 Å². The maximum Gasteiger partial charge on any atom is 0.320 e. The zero-order valence-electron chi connectivity index (χ0n) is 16.6. The van der Waals surface area contributed by atoms with Crippen molar-refractivity contribution in [2.45, 2.75) is 57.9 Å². The first-order chi connectivity index (χ1) is 13.2. The van der Waals surface area contributed by atoms with Crippen LogP contribution in [0.5, 0.6) is 0 Å². The molecule has 0 amide bonds. The number of esters is 1. The number of hydrogen-bond acceptors (Lipinski definition) is 6. The van der Waals surface area contributed by atoms with Crippen molar-refractivity contribution in [1.82, 2.24) is 15.2 Å². The van der Waals surface area contributed by atoms with Crippen LogP contribution in [0.1, 0.15) is 50.3 Å². The number of likely N-dealkylation sites (tertiary alicyclic amines) is 1. The van der Waals surface area contributed by atoms with Gasteiger partial charge in [0.25, 0.3) is 0 Å². The van der Waals surface area contributed by atoms with Crippen LogP contribution >= 0.6 is 0 Å². The summed E-state index contributed by atoms with van der Waals surface area (Å²) < 4.78 is 5.03. The van der Waals surface area contributed by atoms with Crippen molar-refractivity contribution >= 4 is 11.8 Å². The zero-order chi connectivity index (χ0) is 18.9. The molecule has 0 bridgehead atoms. The number of pyridine rings is 1. The Morgan fingerprint density at radius 1 is 1.33 bits per heavy atom. The van der Waals surface area contributed by atoms with Crippen LogP contribution in [0.4, 0.5) is 5.82 Å². The maximum atomic E-state index is 11.5. The number of aryl methyl sites for hydroxylation is 2. The molecule has 0 spiro atoms. The van der Waals surface area contributed by atoms with Crippen LogP contribution in [0.2, 0.25) is 0 Å². The molecule has 3 heterocycles. The highest BCUT2D eigenvalue weighted by molar-refractivity contribution is 5.71. The Balaban J connectivity index is 1.26. The minimum atomic E-state index is -0.102. The van der Waals surface area contributed by atoms with Gasteiger partial charge in [-0.3, -0.25) is 9.69 Å². The standard InChI is InChI=1S/C21H34N4O2/c1-2-27-20(26)16-25-14-10-18(11-15-25)22-12-4-3-7-19-9-8-17-6-5-13-23-21(17)24-19/h8-9,18,22H,2-7,10-16H2,1H3,(H,23,24). The van der Waals surface area contributed by atoms with Gasteiger partial charge in [-0.25, -0.2) is 4.98 Å². The average molecular weight is 375 g/mol. The van der Waals surface area contributed by atoms with Gasteiger partial charge in [0.15, 0.2) is 0 Å². The highest BCUT2D eigenvalue weighted by Crippen LogP contribution is 2.20. The molecular weight excluding hydrogens is 340 g/mol. The van der Waals surface area contributed by atoms with Gasteiger partial charge >= 0.3 is 5.97 Å². The molecule has 0 atom stereocenters. The number of ether oxygens (including phenoxy) is 1. The molecule has 2 aliphatic heterocycles. The van der Waals surface area contributed by atoms with E-state index in [-0.39, 0.29) is 5.97 Å². The lowest BCUT2D eigenvalue weighted by atomic mass is 10.0. The van der Waals surface area contributed by atoms with Crippen molar-refractivity contribution < 1.29 is 9.53 Å². The number of carbonyl (C=O) groups excluding carboxylic acids is 1. The summed E-state index contributed by atoms with van der Waals surface area (Å²) in [6.07, 6.45) is 7.97. The number of rotatable bonds is 9. The topological polar surface area (TPSA) is 66.5 Å². The van der Waals surface area contributed by atoms with Crippen molar-refractivity contribution in [3.8, 4) is 0 Å². The van der Waals surface area contributed by atoms with Gasteiger partial charge in [-0.2, -0.15) is 0 Å². The molecule has 6 heteroatoms. The summed E-state index contributed by atoms with van der Waals surface area (Å²) in [6, 6.07) is 5.01. The second-order valence-corrected chi connectivity index (χ2v) is 7.61. The second-order valence-electron chi connectivity index (χ2n) is 7.61. The van der Waals surface area contributed by atoms with Gasteiger partial charge in [0.2, 0.25) is 0 Å². The van der Waals surface area contributed by atoms with E-state index in [0.29, 0.717) is 19.2 Å². The Bertz CT molecular complexity index is 600. The van der Waals surface area contributed by atoms with Gasteiger partial charge in [0, 0.05) is 31.4 Å². The van der Waals surface area contributed by atoms with E-state index >= 15 is 0 Å². The first-order valence-electron chi connectivity index (χ1n) is 10.6. The predicted molar refractivity (Wildman–Crippen MR) is 108 cm³/mol. The van der Waals surface area contributed by atoms with E-state index in [9.17, 15) is 4.79 Å². The maximum absolute atomic E-state index is 11.5. The lowest BCUT2D eigenvalue weighted by molar-refractivity contribution is -0.144. The van der Waals surface area contributed by atoms with Gasteiger partial charge in [-0.05, 0) is 70.0 Å². The quantitative estimate of drug-likeness (QED) is 0.511. The minimum Gasteiger partial charge on any atom is -0.465 e. The van der Waals surface area contributed by atoms with E-state index in [1.165, 1.54) is 30.5 Å².